The van der Waals surface area contributed by atoms with Crippen molar-refractivity contribution in [2.45, 2.75) is 39.7 Å². The van der Waals surface area contributed by atoms with E-state index < -0.39 is 10.0 Å². The molecule has 1 aliphatic rings. The van der Waals surface area contributed by atoms with Gasteiger partial charge in [0.1, 0.15) is 5.75 Å². The third-order valence-corrected chi connectivity index (χ3v) is 6.44. The molecule has 0 amide bonds. The van der Waals surface area contributed by atoms with Gasteiger partial charge < -0.3 is 15.4 Å². The van der Waals surface area contributed by atoms with Crippen LogP contribution in [0, 0.1) is 11.8 Å². The fourth-order valence-electron chi connectivity index (χ4n) is 3.28. The molecule has 1 aromatic rings. The highest BCUT2D eigenvalue weighted by Crippen LogP contribution is 2.19. The summed E-state index contributed by atoms with van der Waals surface area (Å²) in [7, 11) is -1.31. The third-order valence-electron chi connectivity index (χ3n) is 5.14. The van der Waals surface area contributed by atoms with Crippen molar-refractivity contribution in [3.63, 3.8) is 0 Å². The second-order valence-corrected chi connectivity index (χ2v) is 10.2. The molecule has 172 valence electrons. The maximum absolute atomic E-state index is 11.6. The molecule has 7 nitrogen and oxygen atoms in total. The molecule has 1 saturated heterocycles. The van der Waals surface area contributed by atoms with E-state index in [0.29, 0.717) is 31.5 Å². The van der Waals surface area contributed by atoms with Crippen molar-refractivity contribution in [1.82, 2.24) is 14.9 Å². The van der Waals surface area contributed by atoms with Crippen LogP contribution in [0.5, 0.6) is 5.75 Å². The number of halogens is 1. The van der Waals surface area contributed by atoms with Crippen molar-refractivity contribution in [2.24, 2.45) is 16.8 Å². The van der Waals surface area contributed by atoms with Gasteiger partial charge in [-0.25, -0.2) is 12.7 Å². The van der Waals surface area contributed by atoms with Gasteiger partial charge >= 0.3 is 0 Å². The predicted molar refractivity (Wildman–Crippen MR) is 134 cm³/mol. The van der Waals surface area contributed by atoms with Crippen molar-refractivity contribution < 1.29 is 13.2 Å². The summed E-state index contributed by atoms with van der Waals surface area (Å²) in [5, 5.41) is 6.80. The van der Waals surface area contributed by atoms with Gasteiger partial charge in [0.15, 0.2) is 5.96 Å². The lowest BCUT2D eigenvalue weighted by molar-refractivity contribution is 0.271. The quantitative estimate of drug-likeness (QED) is 0.294. The van der Waals surface area contributed by atoms with Crippen molar-refractivity contribution in [2.75, 3.05) is 39.5 Å². The molecule has 0 saturated carbocycles. The average molecular weight is 553 g/mol. The van der Waals surface area contributed by atoms with Crippen LogP contribution in [0.3, 0.4) is 0 Å². The zero-order valence-electron chi connectivity index (χ0n) is 18.7. The Morgan fingerprint density at radius 3 is 2.30 bits per heavy atom. The van der Waals surface area contributed by atoms with E-state index in [9.17, 15) is 8.42 Å². The van der Waals surface area contributed by atoms with Gasteiger partial charge in [-0.2, -0.15) is 0 Å². The first-order chi connectivity index (χ1) is 13.7. The van der Waals surface area contributed by atoms with Gasteiger partial charge in [-0.15, -0.1) is 24.0 Å². The fraction of sp³-hybridized carbons (Fsp3) is 0.667. The number of aliphatic imine (C=N–C) groups is 1. The summed E-state index contributed by atoms with van der Waals surface area (Å²) in [6, 6.07) is 8.25. The molecule has 1 unspecified atom stereocenters. The summed E-state index contributed by atoms with van der Waals surface area (Å²) in [6.45, 7) is 9.06. The lowest BCUT2D eigenvalue weighted by Gasteiger charge is -2.30. The standard InChI is InChI=1S/C21H36N4O3S.HI/c1-16(2)15-28-20-8-6-19(7-9-20)17(3)24-21(22-4)23-14-18-10-12-25(13-11-18)29(5,26)27;/h6-9,16-18H,10-15H2,1-5H3,(H2,22,23,24);1H. The molecular formula is C21H37IN4O3S. The molecule has 0 radical (unpaired) electrons. The molecule has 30 heavy (non-hydrogen) atoms. The Morgan fingerprint density at radius 1 is 1.20 bits per heavy atom. The summed E-state index contributed by atoms with van der Waals surface area (Å²) in [6.07, 6.45) is 3.01. The molecule has 0 spiro atoms. The molecular weight excluding hydrogens is 515 g/mol. The van der Waals surface area contributed by atoms with Gasteiger partial charge in [0.25, 0.3) is 0 Å². The topological polar surface area (TPSA) is 83.0 Å². The molecule has 1 fully saturated rings. The monoisotopic (exact) mass is 552 g/mol. The summed E-state index contributed by atoms with van der Waals surface area (Å²) in [4.78, 5) is 4.32. The molecule has 1 aromatic carbocycles. The van der Waals surface area contributed by atoms with E-state index in [4.69, 9.17) is 4.74 Å². The number of piperidine rings is 1. The Hall–Kier alpha value is -1.07. The Bertz CT molecular complexity index is 761. The van der Waals surface area contributed by atoms with Crippen LogP contribution >= 0.6 is 24.0 Å². The lowest BCUT2D eigenvalue weighted by atomic mass is 9.98. The van der Waals surface area contributed by atoms with Gasteiger partial charge in [-0.05, 0) is 49.3 Å². The third kappa shape index (κ3) is 8.97. The normalized spacial score (nSPS) is 17.3. The number of hydrogen-bond acceptors (Lipinski definition) is 4. The Morgan fingerprint density at radius 2 is 1.80 bits per heavy atom. The molecule has 0 bridgehead atoms. The molecule has 1 heterocycles. The molecule has 2 rings (SSSR count). The summed E-state index contributed by atoms with van der Waals surface area (Å²) in [5.41, 5.74) is 1.16. The van der Waals surface area contributed by atoms with Gasteiger partial charge in [0.2, 0.25) is 10.0 Å². The SMILES string of the molecule is CN=C(NCC1CCN(S(C)(=O)=O)CC1)NC(C)c1ccc(OCC(C)C)cc1.I. The maximum atomic E-state index is 11.6. The number of hydrogen-bond donors (Lipinski definition) is 2. The van der Waals surface area contributed by atoms with Crippen LogP contribution in [0.15, 0.2) is 29.3 Å². The van der Waals surface area contributed by atoms with E-state index in [-0.39, 0.29) is 30.0 Å². The Kier molecular flexibility index (Phi) is 11.4. The predicted octanol–water partition coefficient (Wildman–Crippen LogP) is 3.24. The van der Waals surface area contributed by atoms with E-state index in [0.717, 1.165) is 36.7 Å². The minimum Gasteiger partial charge on any atom is -0.493 e. The number of rotatable bonds is 8. The largest absolute Gasteiger partial charge is 0.493 e. The minimum atomic E-state index is -3.08. The minimum absolute atomic E-state index is 0. The Balaban J connectivity index is 0.00000450. The van der Waals surface area contributed by atoms with Crippen LogP contribution in [-0.4, -0.2) is 58.2 Å². The molecule has 0 aromatic heterocycles. The highest BCUT2D eigenvalue weighted by Gasteiger charge is 2.24. The number of sulfonamides is 1. The van der Waals surface area contributed by atoms with E-state index in [1.807, 2.05) is 12.1 Å². The van der Waals surface area contributed by atoms with Crippen LogP contribution in [-0.2, 0) is 10.0 Å². The van der Waals surface area contributed by atoms with Crippen LogP contribution < -0.4 is 15.4 Å². The summed E-state index contributed by atoms with van der Waals surface area (Å²) in [5.74, 6) is 2.59. The van der Waals surface area contributed by atoms with Crippen LogP contribution in [0.1, 0.15) is 45.2 Å². The number of nitrogens with one attached hydrogen (secondary N) is 2. The molecule has 1 aliphatic heterocycles. The second-order valence-electron chi connectivity index (χ2n) is 8.20. The maximum Gasteiger partial charge on any atom is 0.211 e. The second kappa shape index (κ2) is 12.7. The Labute approximate surface area is 199 Å². The highest BCUT2D eigenvalue weighted by molar-refractivity contribution is 14.0. The first-order valence-corrected chi connectivity index (χ1v) is 12.2. The number of guanidine groups is 1. The van der Waals surface area contributed by atoms with E-state index in [1.165, 1.54) is 6.26 Å². The first kappa shape index (κ1) is 27.0. The molecule has 2 N–H and O–H groups in total. The van der Waals surface area contributed by atoms with Gasteiger partial charge in [-0.3, -0.25) is 4.99 Å². The zero-order valence-corrected chi connectivity index (χ0v) is 21.9. The van der Waals surface area contributed by atoms with Crippen molar-refractivity contribution in [3.05, 3.63) is 29.8 Å². The molecule has 1 atom stereocenters. The zero-order chi connectivity index (χ0) is 21.4. The van der Waals surface area contributed by atoms with Crippen molar-refractivity contribution in [3.8, 4) is 5.75 Å². The van der Waals surface area contributed by atoms with E-state index in [2.05, 4.69) is 48.5 Å². The van der Waals surface area contributed by atoms with E-state index >= 15 is 0 Å². The van der Waals surface area contributed by atoms with Gasteiger partial charge in [-0.1, -0.05) is 26.0 Å². The lowest BCUT2D eigenvalue weighted by Crippen LogP contribution is -2.44. The van der Waals surface area contributed by atoms with E-state index in [1.54, 1.807) is 11.4 Å². The summed E-state index contributed by atoms with van der Waals surface area (Å²) < 4.78 is 30.5. The van der Waals surface area contributed by atoms with Gasteiger partial charge in [0, 0.05) is 26.7 Å². The van der Waals surface area contributed by atoms with Crippen LogP contribution in [0.25, 0.3) is 0 Å². The van der Waals surface area contributed by atoms with Crippen LogP contribution in [0.2, 0.25) is 0 Å². The van der Waals surface area contributed by atoms with Crippen molar-refractivity contribution in [1.29, 1.82) is 0 Å². The highest BCUT2D eigenvalue weighted by atomic mass is 127. The van der Waals surface area contributed by atoms with Crippen molar-refractivity contribution >= 4 is 40.0 Å². The number of nitrogens with zero attached hydrogens (tertiary/aromatic N) is 2. The number of ether oxygens (including phenoxy) is 1. The molecule has 0 aliphatic carbocycles. The average Bonchev–Trinajstić information content (AvgIpc) is 2.69. The molecule has 9 heteroatoms. The number of benzene rings is 1. The smallest absolute Gasteiger partial charge is 0.211 e. The fourth-order valence-corrected chi connectivity index (χ4v) is 4.16. The van der Waals surface area contributed by atoms with Gasteiger partial charge in [0.05, 0.1) is 18.9 Å². The first-order valence-electron chi connectivity index (χ1n) is 10.3. The van der Waals surface area contributed by atoms with Crippen LogP contribution in [0.4, 0.5) is 0 Å². The summed E-state index contributed by atoms with van der Waals surface area (Å²) >= 11 is 0.